The molecule has 12 heteroatoms. The summed E-state index contributed by atoms with van der Waals surface area (Å²) >= 11 is 7.76. The maximum atomic E-state index is 13.6. The topological polar surface area (TPSA) is 104 Å². The number of carboxylic acid groups (broad SMARTS) is 2. The molecule has 34 heavy (non-hydrogen) atoms. The Hall–Kier alpha value is -2.89. The van der Waals surface area contributed by atoms with Gasteiger partial charge >= 0.3 is 18.1 Å². The Morgan fingerprint density at radius 2 is 2.06 bits per heavy atom. The number of rotatable bonds is 6. The highest BCUT2D eigenvalue weighted by Gasteiger charge is 2.38. The van der Waals surface area contributed by atoms with Gasteiger partial charge in [-0.3, -0.25) is 9.59 Å². The first-order chi connectivity index (χ1) is 16.1. The Morgan fingerprint density at radius 1 is 1.29 bits per heavy atom. The predicted octanol–water partition coefficient (Wildman–Crippen LogP) is 4.68. The van der Waals surface area contributed by atoms with Crippen LogP contribution in [-0.4, -0.2) is 45.0 Å². The smallest absolute Gasteiger partial charge is 0.435 e. The van der Waals surface area contributed by atoms with Crippen molar-refractivity contribution < 1.29 is 33.0 Å². The van der Waals surface area contributed by atoms with Crippen molar-refractivity contribution in [1.82, 2.24) is 15.1 Å². The van der Waals surface area contributed by atoms with E-state index in [-0.39, 0.29) is 22.9 Å². The average Bonchev–Trinajstić information content (AvgIpc) is 3.38. The molecule has 3 heterocycles. The van der Waals surface area contributed by atoms with E-state index in [1.165, 1.54) is 17.4 Å². The third-order valence-corrected chi connectivity index (χ3v) is 6.97. The molecule has 1 aliphatic heterocycles. The number of nitrogens with zero attached hydrogens (tertiary/aromatic N) is 2. The summed E-state index contributed by atoms with van der Waals surface area (Å²) in [5, 5.41) is 27.8. The number of aromatic nitrogens is 2. The highest BCUT2D eigenvalue weighted by atomic mass is 35.5. The summed E-state index contributed by atoms with van der Waals surface area (Å²) < 4.78 is 41.9. The molecular formula is C22H19ClF3N3O4S. The Morgan fingerprint density at radius 3 is 2.68 bits per heavy atom. The molecular weight excluding hydrogens is 495 g/mol. The van der Waals surface area contributed by atoms with Gasteiger partial charge in [0, 0.05) is 12.5 Å². The third-order valence-electron chi connectivity index (χ3n) is 5.77. The Labute approximate surface area is 200 Å². The van der Waals surface area contributed by atoms with Gasteiger partial charge in [-0.05, 0) is 47.7 Å². The lowest BCUT2D eigenvalue weighted by Gasteiger charge is -2.25. The lowest BCUT2D eigenvalue weighted by atomic mass is 9.81. The number of hydrogen-bond acceptors (Lipinski definition) is 5. The second kappa shape index (κ2) is 9.40. The van der Waals surface area contributed by atoms with E-state index in [0.29, 0.717) is 29.0 Å². The molecule has 4 rings (SSSR count). The van der Waals surface area contributed by atoms with Crippen LogP contribution in [0.1, 0.15) is 29.2 Å². The number of nitrogens with one attached hydrogen (secondary N) is 1. The molecule has 7 nitrogen and oxygen atoms in total. The number of hydrogen-bond donors (Lipinski definition) is 3. The molecule has 0 aliphatic carbocycles. The number of carboxylic acids is 2. The number of fused-ring (bicyclic) bond motifs is 1. The van der Waals surface area contributed by atoms with E-state index in [0.717, 1.165) is 10.7 Å². The van der Waals surface area contributed by atoms with Gasteiger partial charge in [0.2, 0.25) is 0 Å². The maximum absolute atomic E-state index is 13.6. The SMILES string of the molecule is O=C(O)CC(C(=O)O)C1CNCCc2c1ccc(Cl)c2-n1nc(C(F)(F)F)cc1-c1cccs1. The fourth-order valence-electron chi connectivity index (χ4n) is 4.28. The maximum Gasteiger partial charge on any atom is 0.435 e. The van der Waals surface area contributed by atoms with E-state index in [2.05, 4.69) is 10.4 Å². The van der Waals surface area contributed by atoms with Crippen LogP contribution in [0, 0.1) is 5.92 Å². The normalized spacial score (nSPS) is 17.1. The van der Waals surface area contributed by atoms with Crippen molar-refractivity contribution in [2.24, 2.45) is 5.92 Å². The molecule has 3 aromatic rings. The molecule has 2 unspecified atom stereocenters. The summed E-state index contributed by atoms with van der Waals surface area (Å²) in [6, 6.07) is 7.45. The molecule has 0 saturated heterocycles. The number of aliphatic carboxylic acids is 2. The Kier molecular flexibility index (Phi) is 6.70. The Bertz CT molecular complexity index is 1230. The van der Waals surface area contributed by atoms with Crippen LogP contribution in [0.25, 0.3) is 16.3 Å². The highest BCUT2D eigenvalue weighted by Crippen LogP contribution is 2.41. The molecule has 0 fully saturated rings. The zero-order valence-corrected chi connectivity index (χ0v) is 19.0. The van der Waals surface area contributed by atoms with Crippen molar-refractivity contribution in [1.29, 1.82) is 0 Å². The van der Waals surface area contributed by atoms with Gasteiger partial charge < -0.3 is 15.5 Å². The summed E-state index contributed by atoms with van der Waals surface area (Å²) in [6.07, 6.45) is -4.94. The molecule has 2 aromatic heterocycles. The number of carbonyl (C=O) groups is 2. The van der Waals surface area contributed by atoms with Crippen molar-refractivity contribution in [3.63, 3.8) is 0 Å². The van der Waals surface area contributed by atoms with Crippen LogP contribution in [0.2, 0.25) is 5.02 Å². The first-order valence-electron chi connectivity index (χ1n) is 10.3. The molecule has 1 aliphatic rings. The number of thiophene rings is 1. The minimum absolute atomic E-state index is 0.152. The fraction of sp³-hybridized carbons (Fsp3) is 0.318. The van der Waals surface area contributed by atoms with Crippen molar-refractivity contribution in [2.45, 2.75) is 24.9 Å². The van der Waals surface area contributed by atoms with Crippen molar-refractivity contribution >= 4 is 34.9 Å². The number of alkyl halides is 3. The van der Waals surface area contributed by atoms with Crippen molar-refractivity contribution in [3.8, 4) is 16.3 Å². The van der Waals surface area contributed by atoms with E-state index in [4.69, 9.17) is 11.6 Å². The van der Waals surface area contributed by atoms with Gasteiger partial charge in [-0.2, -0.15) is 18.3 Å². The summed E-state index contributed by atoms with van der Waals surface area (Å²) in [5.74, 6) is -4.49. The molecule has 2 atom stereocenters. The third kappa shape index (κ3) is 4.68. The van der Waals surface area contributed by atoms with Crippen LogP contribution in [0.15, 0.2) is 35.7 Å². The number of halogens is 4. The molecule has 1 aromatic carbocycles. The van der Waals surface area contributed by atoms with Crippen LogP contribution >= 0.6 is 22.9 Å². The highest BCUT2D eigenvalue weighted by molar-refractivity contribution is 7.13. The van der Waals surface area contributed by atoms with Crippen LogP contribution in [0.5, 0.6) is 0 Å². The standard InChI is InChI=1S/C22H19ClF3N3O4S/c23-15-4-3-11-12(5-6-27-10-14(11)13(21(32)33)8-19(30)31)20(15)29-16(17-2-1-7-34-17)9-18(28-29)22(24,25)26/h1-4,7,9,13-14,27H,5-6,8,10H2,(H,30,31)(H,32,33). The second-order valence-corrected chi connectivity index (χ2v) is 9.22. The minimum atomic E-state index is -4.69. The molecule has 0 amide bonds. The second-order valence-electron chi connectivity index (χ2n) is 7.87. The van der Waals surface area contributed by atoms with Gasteiger partial charge in [0.05, 0.1) is 33.6 Å². The van der Waals surface area contributed by atoms with Crippen LogP contribution in [0.4, 0.5) is 13.2 Å². The van der Waals surface area contributed by atoms with Gasteiger partial charge in [-0.25, -0.2) is 4.68 Å². The Balaban J connectivity index is 1.95. The zero-order valence-electron chi connectivity index (χ0n) is 17.5. The molecule has 0 radical (unpaired) electrons. The average molecular weight is 514 g/mol. The van der Waals surface area contributed by atoms with E-state index in [9.17, 15) is 33.0 Å². The van der Waals surface area contributed by atoms with Crippen LogP contribution in [0.3, 0.4) is 0 Å². The quantitative estimate of drug-likeness (QED) is 0.442. The van der Waals surface area contributed by atoms with Gasteiger partial charge in [0.15, 0.2) is 5.69 Å². The van der Waals surface area contributed by atoms with E-state index in [1.807, 2.05) is 0 Å². The van der Waals surface area contributed by atoms with E-state index < -0.39 is 42.1 Å². The lowest BCUT2D eigenvalue weighted by molar-refractivity contribution is -0.149. The van der Waals surface area contributed by atoms with Crippen molar-refractivity contribution in [2.75, 3.05) is 13.1 Å². The van der Waals surface area contributed by atoms with Gasteiger partial charge in [0.25, 0.3) is 0 Å². The first kappa shape index (κ1) is 24.2. The van der Waals surface area contributed by atoms with Gasteiger partial charge in [-0.1, -0.05) is 23.7 Å². The lowest BCUT2D eigenvalue weighted by Crippen LogP contribution is -2.31. The monoisotopic (exact) mass is 513 g/mol. The fourth-order valence-corrected chi connectivity index (χ4v) is 5.27. The largest absolute Gasteiger partial charge is 0.481 e. The molecule has 0 spiro atoms. The summed E-state index contributed by atoms with van der Waals surface area (Å²) in [4.78, 5) is 23.8. The van der Waals surface area contributed by atoms with Crippen LogP contribution in [-0.2, 0) is 22.2 Å². The van der Waals surface area contributed by atoms with Gasteiger partial charge in [-0.15, -0.1) is 11.3 Å². The molecule has 0 saturated carbocycles. The minimum Gasteiger partial charge on any atom is -0.481 e. The molecule has 3 N–H and O–H groups in total. The predicted molar refractivity (Wildman–Crippen MR) is 120 cm³/mol. The first-order valence-corrected chi connectivity index (χ1v) is 11.5. The summed E-state index contributed by atoms with van der Waals surface area (Å²) in [5.41, 5.74) is 0.410. The van der Waals surface area contributed by atoms with Crippen molar-refractivity contribution in [3.05, 3.63) is 57.6 Å². The van der Waals surface area contributed by atoms with E-state index in [1.54, 1.807) is 23.6 Å². The van der Waals surface area contributed by atoms with E-state index >= 15 is 0 Å². The number of benzene rings is 1. The summed E-state index contributed by atoms with van der Waals surface area (Å²) in [6.45, 7) is 0.598. The zero-order chi connectivity index (χ0) is 24.6. The summed E-state index contributed by atoms with van der Waals surface area (Å²) in [7, 11) is 0. The van der Waals surface area contributed by atoms with Gasteiger partial charge in [0.1, 0.15) is 0 Å². The van der Waals surface area contributed by atoms with Crippen LogP contribution < -0.4 is 5.32 Å². The molecule has 0 bridgehead atoms. The molecule has 180 valence electrons.